The number of hydrogen-bond acceptors (Lipinski definition) is 10. The van der Waals surface area contributed by atoms with Crippen molar-refractivity contribution in [3.63, 3.8) is 0 Å². The molecule has 0 bridgehead atoms. The molecule has 0 saturated carbocycles. The third-order valence-electron chi connectivity index (χ3n) is 10.2. The lowest BCUT2D eigenvalue weighted by molar-refractivity contribution is -0.136. The highest BCUT2D eigenvalue weighted by Crippen LogP contribution is 2.47. The number of rotatable bonds is 13. The smallest absolute Gasteiger partial charge is 0.255 e. The van der Waals surface area contributed by atoms with Crippen molar-refractivity contribution < 1.29 is 38.4 Å². The summed E-state index contributed by atoms with van der Waals surface area (Å²) in [6.45, 7) is 4.42. The standard InChI is InChI=1S/C42H40BrN3O8S/c43-28-3-1-26(2-4-28)40-39(35-11-5-29(47)24-37(35)55-40)54-32-8-6-30(7-9-32)51-20-19-45-17-15-31(16-18-45)52-21-22-53-33-10-12-34-27(23-33)25-46(42(34)50)36-13-14-38(48)44-41(36)49/h1-12,23-24,31,36,47H,13-22,25H2,(H,44,48,49)/t36-/m0/s1. The first kappa shape index (κ1) is 37.0. The number of thiophene rings is 1. The molecule has 0 radical (unpaired) electrons. The average Bonchev–Trinajstić information content (AvgIpc) is 3.70. The quantitative estimate of drug-likeness (QED) is 0.0916. The molecule has 0 aliphatic carbocycles. The van der Waals surface area contributed by atoms with Crippen LogP contribution >= 0.6 is 27.3 Å². The molecule has 3 amide bonds. The molecule has 4 aromatic carbocycles. The number of phenols is 1. The number of likely N-dealkylation sites (tertiary alicyclic amines) is 1. The molecule has 2 fully saturated rings. The molecule has 2 N–H and O–H groups in total. The van der Waals surface area contributed by atoms with Crippen molar-refractivity contribution in [3.8, 4) is 39.2 Å². The summed E-state index contributed by atoms with van der Waals surface area (Å²) in [6.07, 6.45) is 2.60. The second kappa shape index (κ2) is 16.4. The van der Waals surface area contributed by atoms with Gasteiger partial charge in [-0.1, -0.05) is 28.1 Å². The van der Waals surface area contributed by atoms with E-state index in [1.165, 1.54) is 4.90 Å². The van der Waals surface area contributed by atoms with Gasteiger partial charge in [0.1, 0.15) is 42.3 Å². The van der Waals surface area contributed by atoms with Crippen molar-refractivity contribution in [2.24, 2.45) is 0 Å². The van der Waals surface area contributed by atoms with E-state index >= 15 is 0 Å². The van der Waals surface area contributed by atoms with Crippen LogP contribution in [0.3, 0.4) is 0 Å². The lowest BCUT2D eigenvalue weighted by Crippen LogP contribution is -2.52. The fraction of sp³-hybridized carbons (Fsp3) is 0.310. The molecule has 5 aromatic rings. The number of imide groups is 1. The Balaban J connectivity index is 0.750. The zero-order chi connectivity index (χ0) is 37.9. The Labute approximate surface area is 330 Å². The Morgan fingerprint density at radius 3 is 2.35 bits per heavy atom. The number of nitrogens with zero attached hydrogens (tertiary/aromatic N) is 2. The summed E-state index contributed by atoms with van der Waals surface area (Å²) in [7, 11) is 0. The normalized spacial score (nSPS) is 17.7. The van der Waals surface area contributed by atoms with Gasteiger partial charge >= 0.3 is 0 Å². The van der Waals surface area contributed by atoms with Crippen molar-refractivity contribution >= 4 is 55.1 Å². The number of piperidine rings is 2. The summed E-state index contributed by atoms with van der Waals surface area (Å²) < 4.78 is 26.6. The number of benzene rings is 4. The Morgan fingerprint density at radius 2 is 1.56 bits per heavy atom. The van der Waals surface area contributed by atoms with Crippen molar-refractivity contribution in [1.82, 2.24) is 15.1 Å². The SMILES string of the molecule is O=C1CC[C@H](N2Cc3cc(OCCOC4CCN(CCOc5ccc(Oc6c(-c7ccc(Br)cc7)sc7cc(O)ccc67)cc5)CC4)ccc3C2=O)C(=O)N1. The minimum Gasteiger partial charge on any atom is -0.508 e. The summed E-state index contributed by atoms with van der Waals surface area (Å²) in [6, 6.07) is 25.9. The summed E-state index contributed by atoms with van der Waals surface area (Å²) in [4.78, 5) is 41.7. The first-order chi connectivity index (χ1) is 26.8. The largest absolute Gasteiger partial charge is 0.508 e. The molecule has 0 unspecified atom stereocenters. The van der Waals surface area contributed by atoms with E-state index < -0.39 is 11.9 Å². The zero-order valence-corrected chi connectivity index (χ0v) is 32.4. The summed E-state index contributed by atoms with van der Waals surface area (Å²) in [5, 5.41) is 13.4. The molecule has 1 atom stereocenters. The van der Waals surface area contributed by atoms with Gasteiger partial charge in [0, 0.05) is 52.7 Å². The van der Waals surface area contributed by atoms with Crippen LogP contribution in [-0.4, -0.2) is 84.2 Å². The Bertz CT molecular complexity index is 2200. The number of phenolic OH excluding ortho intramolecular Hbond substituents is 1. The van der Waals surface area contributed by atoms with E-state index in [-0.39, 0.29) is 30.1 Å². The topological polar surface area (TPSA) is 127 Å². The van der Waals surface area contributed by atoms with Gasteiger partial charge < -0.3 is 29.0 Å². The second-order valence-electron chi connectivity index (χ2n) is 13.8. The van der Waals surface area contributed by atoms with Gasteiger partial charge in [0.25, 0.3) is 5.91 Å². The highest BCUT2D eigenvalue weighted by atomic mass is 79.9. The lowest BCUT2D eigenvalue weighted by Gasteiger charge is -2.31. The summed E-state index contributed by atoms with van der Waals surface area (Å²) in [5.74, 6) is 2.20. The van der Waals surface area contributed by atoms with E-state index in [1.54, 1.807) is 35.6 Å². The fourth-order valence-electron chi connectivity index (χ4n) is 7.28. The minimum absolute atomic E-state index is 0.170. The third-order valence-corrected chi connectivity index (χ3v) is 11.9. The van der Waals surface area contributed by atoms with E-state index in [0.717, 1.165) is 74.5 Å². The maximum Gasteiger partial charge on any atom is 0.255 e. The maximum atomic E-state index is 12.9. The fourth-order valence-corrected chi connectivity index (χ4v) is 8.72. The number of ether oxygens (including phenoxy) is 4. The molecule has 1 aromatic heterocycles. The van der Waals surface area contributed by atoms with E-state index in [0.29, 0.717) is 49.8 Å². The first-order valence-electron chi connectivity index (χ1n) is 18.4. The van der Waals surface area contributed by atoms with Crippen LogP contribution in [0.25, 0.3) is 20.5 Å². The molecule has 2 saturated heterocycles. The number of nitrogens with one attached hydrogen (secondary N) is 1. The molecular weight excluding hydrogens is 786 g/mol. The van der Waals surface area contributed by atoms with Crippen LogP contribution in [0.1, 0.15) is 41.6 Å². The molecule has 8 rings (SSSR count). The predicted molar refractivity (Wildman–Crippen MR) is 212 cm³/mol. The van der Waals surface area contributed by atoms with Crippen molar-refractivity contribution in [3.05, 3.63) is 101 Å². The van der Waals surface area contributed by atoms with Crippen molar-refractivity contribution in [2.75, 3.05) is 39.5 Å². The lowest BCUT2D eigenvalue weighted by atomic mass is 10.0. The van der Waals surface area contributed by atoms with Crippen LogP contribution in [0.15, 0.2) is 89.4 Å². The van der Waals surface area contributed by atoms with Crippen LogP contribution in [0.5, 0.6) is 28.7 Å². The predicted octanol–water partition coefficient (Wildman–Crippen LogP) is 7.53. The molecular formula is C42H40BrN3O8S. The maximum absolute atomic E-state index is 12.9. The number of fused-ring (bicyclic) bond motifs is 2. The van der Waals surface area contributed by atoms with Crippen LogP contribution in [0.4, 0.5) is 0 Å². The van der Waals surface area contributed by atoms with E-state index in [1.807, 2.05) is 48.5 Å². The molecule has 284 valence electrons. The van der Waals surface area contributed by atoms with Gasteiger partial charge in [-0.2, -0.15) is 0 Å². The number of amides is 3. The Hall–Kier alpha value is -4.95. The van der Waals surface area contributed by atoms with Crippen molar-refractivity contribution in [1.29, 1.82) is 0 Å². The molecule has 13 heteroatoms. The molecule has 3 aliphatic heterocycles. The molecule has 0 spiro atoms. The number of hydrogen-bond donors (Lipinski definition) is 2. The molecule has 55 heavy (non-hydrogen) atoms. The van der Waals surface area contributed by atoms with Crippen LogP contribution in [0.2, 0.25) is 0 Å². The monoisotopic (exact) mass is 825 g/mol. The van der Waals surface area contributed by atoms with Crippen LogP contribution < -0.4 is 19.5 Å². The number of carbonyl (C=O) groups is 3. The van der Waals surface area contributed by atoms with Crippen molar-refractivity contribution in [2.45, 2.75) is 44.4 Å². The van der Waals surface area contributed by atoms with Gasteiger partial charge in [-0.3, -0.25) is 24.6 Å². The van der Waals surface area contributed by atoms with Gasteiger partial charge in [0.2, 0.25) is 11.8 Å². The molecule has 11 nitrogen and oxygen atoms in total. The number of aromatic hydroxyl groups is 1. The Kier molecular flexibility index (Phi) is 11.0. The first-order valence-corrected chi connectivity index (χ1v) is 20.0. The third kappa shape index (κ3) is 8.50. The summed E-state index contributed by atoms with van der Waals surface area (Å²) >= 11 is 5.10. The highest BCUT2D eigenvalue weighted by Gasteiger charge is 2.39. The Morgan fingerprint density at radius 1 is 0.818 bits per heavy atom. The molecule has 4 heterocycles. The number of carbonyl (C=O) groups excluding carboxylic acids is 3. The van der Waals surface area contributed by atoms with Crippen LogP contribution in [0, 0.1) is 0 Å². The van der Waals surface area contributed by atoms with Crippen LogP contribution in [-0.2, 0) is 20.9 Å². The molecule has 3 aliphatic rings. The average molecular weight is 827 g/mol. The highest BCUT2D eigenvalue weighted by molar-refractivity contribution is 9.10. The van der Waals surface area contributed by atoms with Gasteiger partial charge in [0.05, 0.1) is 17.6 Å². The minimum atomic E-state index is -0.636. The van der Waals surface area contributed by atoms with E-state index in [2.05, 4.69) is 38.3 Å². The second-order valence-corrected chi connectivity index (χ2v) is 15.8. The van der Waals surface area contributed by atoms with E-state index in [4.69, 9.17) is 18.9 Å². The summed E-state index contributed by atoms with van der Waals surface area (Å²) in [5.41, 5.74) is 2.42. The zero-order valence-electron chi connectivity index (χ0n) is 30.0. The van der Waals surface area contributed by atoms with Gasteiger partial charge in [-0.25, -0.2) is 0 Å². The number of halogens is 1. The van der Waals surface area contributed by atoms with Gasteiger partial charge in [0.15, 0.2) is 5.75 Å². The van der Waals surface area contributed by atoms with Gasteiger partial charge in [-0.05, 0) is 103 Å². The van der Waals surface area contributed by atoms with E-state index in [9.17, 15) is 19.5 Å². The van der Waals surface area contributed by atoms with Gasteiger partial charge in [-0.15, -0.1) is 11.3 Å².